The van der Waals surface area contributed by atoms with Gasteiger partial charge in [-0.1, -0.05) is 32.0 Å². The van der Waals surface area contributed by atoms with Crippen LogP contribution in [0.2, 0.25) is 0 Å². The molecule has 2 N–H and O–H groups in total. The summed E-state index contributed by atoms with van der Waals surface area (Å²) in [6.45, 7) is 5.60. The van der Waals surface area contributed by atoms with Crippen molar-refractivity contribution in [2.75, 3.05) is 5.32 Å². The molecule has 0 saturated heterocycles. The number of carbonyl (C=O) groups is 1. The zero-order valence-corrected chi connectivity index (χ0v) is 15.1. The fourth-order valence-electron chi connectivity index (χ4n) is 2.76. The first-order valence-electron chi connectivity index (χ1n) is 7.99. The molecule has 0 fully saturated rings. The van der Waals surface area contributed by atoms with Crippen LogP contribution in [0, 0.1) is 6.92 Å². The van der Waals surface area contributed by atoms with Crippen LogP contribution >= 0.6 is 11.3 Å². The van der Waals surface area contributed by atoms with Crippen molar-refractivity contribution >= 4 is 33.1 Å². The highest BCUT2D eigenvalue weighted by Crippen LogP contribution is 2.23. The first-order chi connectivity index (χ1) is 11.9. The molecule has 2 aromatic heterocycles. The number of hydrogen-bond donors (Lipinski definition) is 2. The van der Waals surface area contributed by atoms with Gasteiger partial charge in [0.05, 0.1) is 5.39 Å². The maximum Gasteiger partial charge on any atom is 0.329 e. The molecular formula is C18H19N3O3S. The molecule has 0 radical (unpaired) electrons. The Kier molecular flexibility index (Phi) is 4.59. The highest BCUT2D eigenvalue weighted by Gasteiger charge is 2.14. The number of thiophene rings is 1. The quantitative estimate of drug-likeness (QED) is 0.753. The summed E-state index contributed by atoms with van der Waals surface area (Å²) in [6, 6.07) is 9.22. The van der Waals surface area contributed by atoms with Gasteiger partial charge >= 0.3 is 5.69 Å². The second-order valence-corrected chi connectivity index (χ2v) is 7.47. The summed E-state index contributed by atoms with van der Waals surface area (Å²) in [5.74, 6) is -0.167. The van der Waals surface area contributed by atoms with E-state index in [9.17, 15) is 14.4 Å². The second kappa shape index (κ2) is 6.68. The van der Waals surface area contributed by atoms with Gasteiger partial charge in [-0.3, -0.25) is 19.1 Å². The van der Waals surface area contributed by atoms with E-state index >= 15 is 0 Å². The Morgan fingerprint density at radius 1 is 1.28 bits per heavy atom. The predicted octanol–water partition coefficient (Wildman–Crippen LogP) is 2.82. The number of anilines is 1. The number of nitrogens with zero attached hydrogens (tertiary/aromatic N) is 1. The van der Waals surface area contributed by atoms with E-state index in [1.807, 2.05) is 45.0 Å². The number of hydrogen-bond acceptors (Lipinski definition) is 4. The van der Waals surface area contributed by atoms with Crippen LogP contribution in [0.15, 0.2) is 39.9 Å². The lowest BCUT2D eigenvalue weighted by Gasteiger charge is -2.13. The summed E-state index contributed by atoms with van der Waals surface area (Å²) in [6.07, 6.45) is 0. The van der Waals surface area contributed by atoms with Crippen LogP contribution in [-0.2, 0) is 11.3 Å². The Morgan fingerprint density at radius 3 is 2.72 bits per heavy atom. The maximum atomic E-state index is 12.5. The van der Waals surface area contributed by atoms with Crippen molar-refractivity contribution in [3.8, 4) is 0 Å². The van der Waals surface area contributed by atoms with Gasteiger partial charge in [0.25, 0.3) is 5.56 Å². The summed E-state index contributed by atoms with van der Waals surface area (Å²) in [4.78, 5) is 41.2. The number of H-pyrrole nitrogens is 1. The van der Waals surface area contributed by atoms with Gasteiger partial charge in [0.1, 0.15) is 11.4 Å². The van der Waals surface area contributed by atoms with Crippen molar-refractivity contribution in [2.24, 2.45) is 0 Å². The third-order valence-electron chi connectivity index (χ3n) is 3.96. The van der Waals surface area contributed by atoms with E-state index in [0.717, 1.165) is 15.0 Å². The van der Waals surface area contributed by atoms with Crippen molar-refractivity contribution in [2.45, 2.75) is 33.2 Å². The Balaban J connectivity index is 1.91. The Hall–Kier alpha value is -2.67. The molecule has 25 heavy (non-hydrogen) atoms. The molecule has 0 aliphatic carbocycles. The molecule has 1 aromatic carbocycles. The third kappa shape index (κ3) is 3.41. The van der Waals surface area contributed by atoms with E-state index in [1.165, 1.54) is 11.3 Å². The lowest BCUT2D eigenvalue weighted by molar-refractivity contribution is -0.116. The van der Waals surface area contributed by atoms with E-state index in [1.54, 1.807) is 6.07 Å². The number of amides is 1. The third-order valence-corrected chi connectivity index (χ3v) is 4.92. The molecule has 0 aliphatic rings. The van der Waals surface area contributed by atoms with Gasteiger partial charge in [0, 0.05) is 10.6 Å². The SMILES string of the molecule is Cc1cc2c(=O)n(CC(=O)Nc3ccccc3C(C)C)c(=O)[nH]c2s1. The van der Waals surface area contributed by atoms with Crippen LogP contribution in [0.3, 0.4) is 0 Å². The molecule has 0 bridgehead atoms. The monoisotopic (exact) mass is 357 g/mol. The topological polar surface area (TPSA) is 84.0 Å². The average molecular weight is 357 g/mol. The smallest absolute Gasteiger partial charge is 0.324 e. The molecule has 1 amide bonds. The molecule has 7 heteroatoms. The molecule has 0 atom stereocenters. The minimum Gasteiger partial charge on any atom is -0.324 e. The fourth-order valence-corrected chi connectivity index (χ4v) is 3.65. The van der Waals surface area contributed by atoms with E-state index in [2.05, 4.69) is 10.3 Å². The summed E-state index contributed by atoms with van der Waals surface area (Å²) in [7, 11) is 0. The highest BCUT2D eigenvalue weighted by molar-refractivity contribution is 7.18. The second-order valence-electron chi connectivity index (χ2n) is 6.21. The fraction of sp³-hybridized carbons (Fsp3) is 0.278. The van der Waals surface area contributed by atoms with Crippen LogP contribution in [-0.4, -0.2) is 15.5 Å². The Labute approximate surface area is 148 Å². The number of rotatable bonds is 4. The largest absolute Gasteiger partial charge is 0.329 e. The van der Waals surface area contributed by atoms with Gasteiger partial charge in [-0.2, -0.15) is 0 Å². The molecule has 0 spiro atoms. The highest BCUT2D eigenvalue weighted by atomic mass is 32.1. The van der Waals surface area contributed by atoms with Gasteiger partial charge in [0.2, 0.25) is 5.91 Å². The molecular weight excluding hydrogens is 338 g/mol. The molecule has 0 aliphatic heterocycles. The number of carbonyl (C=O) groups excluding carboxylic acids is 1. The van der Waals surface area contributed by atoms with E-state index < -0.39 is 17.2 Å². The minimum atomic E-state index is -0.577. The summed E-state index contributed by atoms with van der Waals surface area (Å²) < 4.78 is 0.932. The van der Waals surface area contributed by atoms with Gasteiger partial charge in [-0.15, -0.1) is 11.3 Å². The Morgan fingerprint density at radius 2 is 2.00 bits per heavy atom. The Bertz CT molecular complexity index is 1060. The number of aromatic nitrogens is 2. The molecule has 6 nitrogen and oxygen atoms in total. The normalized spacial score (nSPS) is 11.2. The number of benzene rings is 1. The lowest BCUT2D eigenvalue weighted by Crippen LogP contribution is -2.38. The van der Waals surface area contributed by atoms with Crippen LogP contribution < -0.4 is 16.6 Å². The van der Waals surface area contributed by atoms with Crippen molar-refractivity contribution < 1.29 is 4.79 Å². The molecule has 3 rings (SSSR count). The molecule has 0 unspecified atom stereocenters. The van der Waals surface area contributed by atoms with Crippen molar-refractivity contribution in [3.63, 3.8) is 0 Å². The van der Waals surface area contributed by atoms with Gasteiger partial charge in [0.15, 0.2) is 0 Å². The molecule has 130 valence electrons. The first-order valence-corrected chi connectivity index (χ1v) is 8.80. The summed E-state index contributed by atoms with van der Waals surface area (Å²) >= 11 is 1.35. The van der Waals surface area contributed by atoms with Crippen LogP contribution in [0.25, 0.3) is 10.2 Å². The maximum absolute atomic E-state index is 12.5. The van der Waals surface area contributed by atoms with E-state index in [-0.39, 0.29) is 12.5 Å². The summed E-state index contributed by atoms with van der Waals surface area (Å²) in [5, 5.41) is 3.23. The zero-order chi connectivity index (χ0) is 18.1. The van der Waals surface area contributed by atoms with Gasteiger partial charge in [-0.25, -0.2) is 4.79 Å². The zero-order valence-electron chi connectivity index (χ0n) is 14.3. The number of aryl methyl sites for hydroxylation is 1. The number of fused-ring (bicyclic) bond motifs is 1. The van der Waals surface area contributed by atoms with Gasteiger partial charge < -0.3 is 5.32 Å². The van der Waals surface area contributed by atoms with Crippen LogP contribution in [0.5, 0.6) is 0 Å². The van der Waals surface area contributed by atoms with Crippen LogP contribution in [0.1, 0.15) is 30.2 Å². The number of nitrogens with one attached hydrogen (secondary N) is 2. The van der Waals surface area contributed by atoms with Crippen molar-refractivity contribution in [3.05, 3.63) is 61.6 Å². The summed E-state index contributed by atoms with van der Waals surface area (Å²) in [5.41, 5.74) is 0.669. The number of aromatic amines is 1. The standard InChI is InChI=1S/C18H19N3O3S/c1-10(2)12-6-4-5-7-14(12)19-15(22)9-21-17(23)13-8-11(3)25-16(13)20-18(21)24/h4-8,10H,9H2,1-3H3,(H,19,22)(H,20,24). The van der Waals surface area contributed by atoms with Crippen LogP contribution in [0.4, 0.5) is 5.69 Å². The first kappa shape index (κ1) is 17.2. The molecule has 3 aromatic rings. The molecule has 0 saturated carbocycles. The van der Waals surface area contributed by atoms with Gasteiger partial charge in [-0.05, 0) is 30.5 Å². The average Bonchev–Trinajstić information content (AvgIpc) is 2.92. The van der Waals surface area contributed by atoms with E-state index in [4.69, 9.17) is 0 Å². The minimum absolute atomic E-state index is 0.243. The lowest BCUT2D eigenvalue weighted by atomic mass is 10.0. The number of para-hydroxylation sites is 1. The van der Waals surface area contributed by atoms with E-state index in [0.29, 0.717) is 15.9 Å². The van der Waals surface area contributed by atoms with Crippen molar-refractivity contribution in [1.29, 1.82) is 0 Å². The molecule has 2 heterocycles. The van der Waals surface area contributed by atoms with Crippen molar-refractivity contribution in [1.82, 2.24) is 9.55 Å². The predicted molar refractivity (Wildman–Crippen MR) is 101 cm³/mol.